The summed E-state index contributed by atoms with van der Waals surface area (Å²) < 4.78 is 6.02. The van der Waals surface area contributed by atoms with Crippen molar-refractivity contribution in [3.05, 3.63) is 33.3 Å². The lowest BCUT2D eigenvalue weighted by Gasteiger charge is -2.13. The summed E-state index contributed by atoms with van der Waals surface area (Å²) in [6.45, 7) is 4.97. The highest BCUT2D eigenvalue weighted by Crippen LogP contribution is 2.21. The van der Waals surface area contributed by atoms with E-state index in [-0.39, 0.29) is 12.0 Å². The van der Waals surface area contributed by atoms with Gasteiger partial charge in [0.1, 0.15) is 0 Å². The Morgan fingerprint density at radius 3 is 2.88 bits per heavy atom. The van der Waals surface area contributed by atoms with Gasteiger partial charge in [-0.3, -0.25) is 4.79 Å². The summed E-state index contributed by atoms with van der Waals surface area (Å²) in [4.78, 5) is 11.8. The molecule has 17 heavy (non-hydrogen) atoms. The molecule has 0 spiro atoms. The molecular weight excluding hydrogens is 305 g/mol. The highest BCUT2D eigenvalue weighted by atomic mass is 79.9. The zero-order valence-electron chi connectivity index (χ0n) is 9.80. The van der Waals surface area contributed by atoms with Gasteiger partial charge in [0.2, 0.25) is 0 Å². The van der Waals surface area contributed by atoms with Crippen molar-refractivity contribution in [2.75, 3.05) is 13.2 Å². The van der Waals surface area contributed by atoms with Gasteiger partial charge in [0.25, 0.3) is 5.91 Å². The van der Waals surface area contributed by atoms with Crippen LogP contribution in [0.3, 0.4) is 0 Å². The van der Waals surface area contributed by atoms with Gasteiger partial charge in [-0.2, -0.15) is 0 Å². The summed E-state index contributed by atoms with van der Waals surface area (Å²) in [5, 5.41) is 3.40. The average Bonchev–Trinajstić information content (AvgIpc) is 2.26. The molecule has 0 aliphatic heterocycles. The molecule has 0 aliphatic carbocycles. The minimum Gasteiger partial charge on any atom is -0.377 e. The van der Waals surface area contributed by atoms with Crippen LogP contribution in [0.1, 0.15) is 24.2 Å². The van der Waals surface area contributed by atoms with Crippen molar-refractivity contribution in [3.63, 3.8) is 0 Å². The molecule has 1 amide bonds. The first-order chi connectivity index (χ1) is 8.04. The van der Waals surface area contributed by atoms with Gasteiger partial charge < -0.3 is 10.1 Å². The first kappa shape index (κ1) is 14.5. The molecule has 1 aromatic carbocycles. The molecular formula is C12H15BrClNO2. The summed E-state index contributed by atoms with van der Waals surface area (Å²) in [6.07, 6.45) is 0.00928. The third-order valence-corrected chi connectivity index (χ3v) is 3.07. The van der Waals surface area contributed by atoms with E-state index in [0.29, 0.717) is 28.2 Å². The zero-order chi connectivity index (χ0) is 12.8. The summed E-state index contributed by atoms with van der Waals surface area (Å²) in [6, 6.07) is 5.07. The molecule has 0 radical (unpaired) electrons. The lowest BCUT2D eigenvalue weighted by atomic mass is 10.2. The third kappa shape index (κ3) is 4.66. The normalized spacial score (nSPS) is 12.2. The van der Waals surface area contributed by atoms with E-state index in [4.69, 9.17) is 16.3 Å². The van der Waals surface area contributed by atoms with Crippen molar-refractivity contribution in [1.82, 2.24) is 5.32 Å². The van der Waals surface area contributed by atoms with Crippen LogP contribution in [0.25, 0.3) is 0 Å². The zero-order valence-corrected chi connectivity index (χ0v) is 12.1. The second-order valence-corrected chi connectivity index (χ2v) is 4.89. The van der Waals surface area contributed by atoms with E-state index in [1.807, 2.05) is 13.8 Å². The number of carbonyl (C=O) groups excluding carboxylic acids is 1. The molecule has 0 bridgehead atoms. The Morgan fingerprint density at radius 2 is 2.29 bits per heavy atom. The van der Waals surface area contributed by atoms with Gasteiger partial charge >= 0.3 is 0 Å². The second kappa shape index (κ2) is 6.99. The van der Waals surface area contributed by atoms with Gasteiger partial charge in [-0.1, -0.05) is 11.6 Å². The van der Waals surface area contributed by atoms with E-state index < -0.39 is 0 Å². The maximum atomic E-state index is 11.8. The molecule has 0 aliphatic rings. The van der Waals surface area contributed by atoms with Crippen molar-refractivity contribution in [2.45, 2.75) is 20.0 Å². The maximum absolute atomic E-state index is 11.8. The van der Waals surface area contributed by atoms with Crippen molar-refractivity contribution >= 4 is 33.4 Å². The average molecular weight is 321 g/mol. The maximum Gasteiger partial charge on any atom is 0.252 e. The predicted octanol–water partition coefficient (Wildman–Crippen LogP) is 3.26. The Balaban J connectivity index is 2.58. The number of ether oxygens (including phenoxy) is 1. The van der Waals surface area contributed by atoms with Crippen molar-refractivity contribution in [3.8, 4) is 0 Å². The Bertz CT molecular complexity index is 398. The number of rotatable bonds is 5. The molecule has 0 fully saturated rings. The number of carbonyl (C=O) groups is 1. The first-order valence-electron chi connectivity index (χ1n) is 5.39. The molecule has 5 heteroatoms. The molecule has 1 aromatic rings. The van der Waals surface area contributed by atoms with Gasteiger partial charge in [-0.25, -0.2) is 0 Å². The fraction of sp³-hybridized carbons (Fsp3) is 0.417. The third-order valence-electron chi connectivity index (χ3n) is 2.18. The summed E-state index contributed by atoms with van der Waals surface area (Å²) >= 11 is 9.12. The lowest BCUT2D eigenvalue weighted by Crippen LogP contribution is -2.32. The van der Waals surface area contributed by atoms with E-state index in [1.54, 1.807) is 18.2 Å². The Hall–Kier alpha value is -0.580. The molecule has 1 atom stereocenters. The van der Waals surface area contributed by atoms with Gasteiger partial charge in [-0.05, 0) is 48.0 Å². The Morgan fingerprint density at radius 1 is 1.59 bits per heavy atom. The summed E-state index contributed by atoms with van der Waals surface area (Å²) in [5.41, 5.74) is 0.568. The van der Waals surface area contributed by atoms with Crippen LogP contribution >= 0.6 is 27.5 Å². The molecule has 0 saturated carbocycles. The van der Waals surface area contributed by atoms with Crippen LogP contribution in [-0.2, 0) is 4.74 Å². The molecule has 0 saturated heterocycles. The topological polar surface area (TPSA) is 38.3 Å². The van der Waals surface area contributed by atoms with Gasteiger partial charge in [-0.15, -0.1) is 0 Å². The minimum absolute atomic E-state index is 0.00928. The number of hydrogen-bond donors (Lipinski definition) is 1. The van der Waals surface area contributed by atoms with Crippen LogP contribution in [0, 0.1) is 0 Å². The van der Waals surface area contributed by atoms with Crippen molar-refractivity contribution in [2.24, 2.45) is 0 Å². The standard InChI is InChI=1S/C12H15BrClNO2/c1-3-17-8(2)7-15-12(16)10-5-4-9(14)6-11(10)13/h4-6,8H,3,7H2,1-2H3,(H,15,16). The van der Waals surface area contributed by atoms with Crippen molar-refractivity contribution < 1.29 is 9.53 Å². The monoisotopic (exact) mass is 319 g/mol. The number of amides is 1. The quantitative estimate of drug-likeness (QED) is 0.904. The van der Waals surface area contributed by atoms with E-state index in [1.165, 1.54) is 0 Å². The van der Waals surface area contributed by atoms with Crippen LogP contribution in [0.4, 0.5) is 0 Å². The highest BCUT2D eigenvalue weighted by molar-refractivity contribution is 9.10. The Kier molecular flexibility index (Phi) is 5.95. The van der Waals surface area contributed by atoms with E-state index >= 15 is 0 Å². The number of halogens is 2. The van der Waals surface area contributed by atoms with Crippen LogP contribution in [0.15, 0.2) is 22.7 Å². The molecule has 1 unspecified atom stereocenters. The number of nitrogens with one attached hydrogen (secondary N) is 1. The molecule has 0 heterocycles. The molecule has 1 N–H and O–H groups in total. The molecule has 0 aromatic heterocycles. The first-order valence-corrected chi connectivity index (χ1v) is 6.56. The number of hydrogen-bond acceptors (Lipinski definition) is 2. The SMILES string of the molecule is CCOC(C)CNC(=O)c1ccc(Cl)cc1Br. The second-order valence-electron chi connectivity index (χ2n) is 3.60. The number of benzene rings is 1. The fourth-order valence-corrected chi connectivity index (χ4v) is 2.21. The van der Waals surface area contributed by atoms with E-state index in [2.05, 4.69) is 21.2 Å². The fourth-order valence-electron chi connectivity index (χ4n) is 1.35. The molecule has 94 valence electrons. The van der Waals surface area contributed by atoms with Gasteiger partial charge in [0, 0.05) is 22.6 Å². The van der Waals surface area contributed by atoms with E-state index in [0.717, 1.165) is 0 Å². The lowest BCUT2D eigenvalue weighted by molar-refractivity contribution is 0.0695. The molecule has 1 rings (SSSR count). The summed E-state index contributed by atoms with van der Waals surface area (Å²) in [5.74, 6) is -0.139. The van der Waals surface area contributed by atoms with Crippen molar-refractivity contribution in [1.29, 1.82) is 0 Å². The van der Waals surface area contributed by atoms with Crippen LogP contribution < -0.4 is 5.32 Å². The predicted molar refractivity (Wildman–Crippen MR) is 72.6 cm³/mol. The van der Waals surface area contributed by atoms with Crippen LogP contribution in [0.5, 0.6) is 0 Å². The van der Waals surface area contributed by atoms with E-state index in [9.17, 15) is 4.79 Å². The minimum atomic E-state index is -0.139. The van der Waals surface area contributed by atoms with Crippen LogP contribution in [0.2, 0.25) is 5.02 Å². The van der Waals surface area contributed by atoms with Gasteiger partial charge in [0.05, 0.1) is 11.7 Å². The van der Waals surface area contributed by atoms with Crippen LogP contribution in [-0.4, -0.2) is 25.2 Å². The largest absolute Gasteiger partial charge is 0.377 e. The highest BCUT2D eigenvalue weighted by Gasteiger charge is 2.11. The summed E-state index contributed by atoms with van der Waals surface area (Å²) in [7, 11) is 0. The Labute approximate surface area is 115 Å². The van der Waals surface area contributed by atoms with Gasteiger partial charge in [0.15, 0.2) is 0 Å². The molecule has 3 nitrogen and oxygen atoms in total. The smallest absolute Gasteiger partial charge is 0.252 e.